The second-order valence-electron chi connectivity index (χ2n) is 7.17. The first-order chi connectivity index (χ1) is 13.2. The van der Waals surface area contributed by atoms with Crippen molar-refractivity contribution in [3.8, 4) is 5.75 Å². The number of benzene rings is 1. The van der Waals surface area contributed by atoms with Crippen LogP contribution in [0.15, 0.2) is 42.7 Å². The minimum absolute atomic E-state index is 0.849. The van der Waals surface area contributed by atoms with Crippen LogP contribution in [0.4, 0.5) is 11.5 Å². The molecule has 2 aromatic heterocycles. The van der Waals surface area contributed by atoms with Gasteiger partial charge in [0.25, 0.3) is 0 Å². The average molecular weight is 362 g/mol. The highest BCUT2D eigenvalue weighted by Gasteiger charge is 2.18. The molecule has 3 heterocycles. The third-order valence-electron chi connectivity index (χ3n) is 5.36. The van der Waals surface area contributed by atoms with Crippen molar-refractivity contribution in [1.82, 2.24) is 9.97 Å². The van der Waals surface area contributed by atoms with E-state index in [1.54, 1.807) is 7.11 Å². The van der Waals surface area contributed by atoms with E-state index >= 15 is 0 Å². The Morgan fingerprint density at radius 2 is 1.74 bits per heavy atom. The molecule has 0 atom stereocenters. The minimum atomic E-state index is 0.849. The second-order valence-corrected chi connectivity index (χ2v) is 7.17. The topological polar surface area (TPSA) is 41.5 Å². The lowest BCUT2D eigenvalue weighted by Gasteiger charge is -2.25. The van der Waals surface area contributed by atoms with Crippen LogP contribution < -0.4 is 14.5 Å². The van der Waals surface area contributed by atoms with Crippen molar-refractivity contribution >= 4 is 22.4 Å². The van der Waals surface area contributed by atoms with E-state index < -0.39 is 0 Å². The highest BCUT2D eigenvalue weighted by molar-refractivity contribution is 5.85. The van der Waals surface area contributed by atoms with Gasteiger partial charge in [-0.25, -0.2) is 4.98 Å². The van der Waals surface area contributed by atoms with E-state index in [0.29, 0.717) is 0 Å². The van der Waals surface area contributed by atoms with Crippen molar-refractivity contribution in [3.05, 3.63) is 53.9 Å². The van der Waals surface area contributed by atoms with Crippen LogP contribution in [0.2, 0.25) is 0 Å². The number of hydrogen-bond donors (Lipinski definition) is 0. The summed E-state index contributed by atoms with van der Waals surface area (Å²) in [6.07, 6.45) is 4.94. The molecule has 1 aliphatic rings. The zero-order valence-electron chi connectivity index (χ0n) is 16.3. The van der Waals surface area contributed by atoms with Crippen molar-refractivity contribution in [3.63, 3.8) is 0 Å². The molecule has 1 aromatic carbocycles. The largest absolute Gasteiger partial charge is 0.497 e. The average Bonchev–Trinajstić information content (AvgIpc) is 2.94. The standard InChI is InChI=1S/C22H26N4O/c1-16-13-22(24-20-14-18(27-3)5-6-19(16)20)26-10-4-9-25(11-12-26)21-7-8-23-15-17(21)2/h5-8,13-15H,4,9-12H2,1-3H3. The van der Waals surface area contributed by atoms with Gasteiger partial charge in [-0.1, -0.05) is 0 Å². The maximum Gasteiger partial charge on any atom is 0.129 e. The maximum absolute atomic E-state index is 5.38. The van der Waals surface area contributed by atoms with Gasteiger partial charge in [-0.2, -0.15) is 0 Å². The van der Waals surface area contributed by atoms with E-state index in [-0.39, 0.29) is 0 Å². The Balaban J connectivity index is 1.59. The molecule has 0 radical (unpaired) electrons. The van der Waals surface area contributed by atoms with Crippen LogP contribution in [0.25, 0.3) is 10.9 Å². The van der Waals surface area contributed by atoms with Gasteiger partial charge in [0.15, 0.2) is 0 Å². The molecule has 1 fully saturated rings. The van der Waals surface area contributed by atoms with Crippen LogP contribution in [0, 0.1) is 13.8 Å². The van der Waals surface area contributed by atoms with Crippen molar-refractivity contribution in [2.24, 2.45) is 0 Å². The first-order valence-electron chi connectivity index (χ1n) is 9.51. The number of aryl methyl sites for hydroxylation is 2. The van der Waals surface area contributed by atoms with E-state index in [1.807, 2.05) is 24.5 Å². The van der Waals surface area contributed by atoms with E-state index in [1.165, 1.54) is 22.2 Å². The fraction of sp³-hybridized carbons (Fsp3) is 0.364. The summed E-state index contributed by atoms with van der Waals surface area (Å²) < 4.78 is 5.38. The van der Waals surface area contributed by atoms with E-state index in [9.17, 15) is 0 Å². The summed E-state index contributed by atoms with van der Waals surface area (Å²) in [4.78, 5) is 14.0. The van der Waals surface area contributed by atoms with Gasteiger partial charge in [-0.15, -0.1) is 0 Å². The zero-order valence-corrected chi connectivity index (χ0v) is 16.3. The van der Waals surface area contributed by atoms with Gasteiger partial charge in [0.05, 0.1) is 12.6 Å². The Morgan fingerprint density at radius 1 is 0.926 bits per heavy atom. The Kier molecular flexibility index (Phi) is 4.84. The summed E-state index contributed by atoms with van der Waals surface area (Å²) in [5.74, 6) is 1.91. The van der Waals surface area contributed by atoms with Gasteiger partial charge in [0, 0.05) is 55.7 Å². The lowest BCUT2D eigenvalue weighted by atomic mass is 10.1. The van der Waals surface area contributed by atoms with Gasteiger partial charge in [0.1, 0.15) is 11.6 Å². The van der Waals surface area contributed by atoms with Crippen LogP contribution in [0.5, 0.6) is 5.75 Å². The molecule has 0 amide bonds. The Morgan fingerprint density at radius 3 is 2.56 bits per heavy atom. The number of methoxy groups -OCH3 is 1. The summed E-state index contributed by atoms with van der Waals surface area (Å²) in [6.45, 7) is 8.31. The number of fused-ring (bicyclic) bond motifs is 1. The summed E-state index contributed by atoms with van der Waals surface area (Å²) in [5, 5.41) is 1.18. The lowest BCUT2D eigenvalue weighted by molar-refractivity contribution is 0.415. The molecule has 1 saturated heterocycles. The molecule has 5 nitrogen and oxygen atoms in total. The molecule has 4 rings (SSSR count). The van der Waals surface area contributed by atoms with Crippen LogP contribution in [-0.4, -0.2) is 43.3 Å². The molecule has 5 heteroatoms. The quantitative estimate of drug-likeness (QED) is 0.705. The van der Waals surface area contributed by atoms with Gasteiger partial charge < -0.3 is 14.5 Å². The molecule has 0 N–H and O–H groups in total. The van der Waals surface area contributed by atoms with Crippen molar-refractivity contribution in [1.29, 1.82) is 0 Å². The van der Waals surface area contributed by atoms with Crippen LogP contribution in [0.1, 0.15) is 17.5 Å². The molecule has 0 aliphatic carbocycles. The first kappa shape index (κ1) is 17.6. The normalized spacial score (nSPS) is 15.1. The number of rotatable bonds is 3. The molecule has 140 valence electrons. The predicted molar refractivity (Wildman–Crippen MR) is 111 cm³/mol. The van der Waals surface area contributed by atoms with Crippen LogP contribution in [0.3, 0.4) is 0 Å². The Hall–Kier alpha value is -2.82. The SMILES string of the molecule is COc1ccc2c(C)cc(N3CCCN(c4ccncc4C)CC3)nc2c1. The first-order valence-corrected chi connectivity index (χ1v) is 9.51. The summed E-state index contributed by atoms with van der Waals surface area (Å²) in [5.41, 5.74) is 4.77. The number of aromatic nitrogens is 2. The fourth-order valence-electron chi connectivity index (χ4n) is 3.86. The van der Waals surface area contributed by atoms with Crippen molar-refractivity contribution < 1.29 is 4.74 Å². The second kappa shape index (κ2) is 7.43. The summed E-state index contributed by atoms with van der Waals surface area (Å²) in [6, 6.07) is 10.4. The van der Waals surface area contributed by atoms with Crippen molar-refractivity contribution in [2.75, 3.05) is 43.1 Å². The van der Waals surface area contributed by atoms with E-state index in [2.05, 4.69) is 46.8 Å². The third-order valence-corrected chi connectivity index (χ3v) is 5.36. The molecule has 0 unspecified atom stereocenters. The molecule has 1 aliphatic heterocycles. The van der Waals surface area contributed by atoms with E-state index in [4.69, 9.17) is 9.72 Å². The Bertz CT molecular complexity index is 956. The highest BCUT2D eigenvalue weighted by atomic mass is 16.5. The molecule has 27 heavy (non-hydrogen) atoms. The molecule has 0 spiro atoms. The molecular weight excluding hydrogens is 336 g/mol. The van der Waals surface area contributed by atoms with E-state index in [0.717, 1.165) is 49.7 Å². The molecular formula is C22H26N4O. The molecule has 0 bridgehead atoms. The number of hydrogen-bond acceptors (Lipinski definition) is 5. The van der Waals surface area contributed by atoms with Gasteiger partial charge in [-0.05, 0) is 55.7 Å². The maximum atomic E-state index is 5.38. The van der Waals surface area contributed by atoms with Gasteiger partial charge in [0.2, 0.25) is 0 Å². The highest BCUT2D eigenvalue weighted by Crippen LogP contribution is 2.27. The molecule has 3 aromatic rings. The molecule has 0 saturated carbocycles. The predicted octanol–water partition coefficient (Wildman–Crippen LogP) is 3.97. The summed E-state index contributed by atoms with van der Waals surface area (Å²) in [7, 11) is 1.70. The zero-order chi connectivity index (χ0) is 18.8. The number of nitrogens with zero attached hydrogens (tertiary/aromatic N) is 4. The van der Waals surface area contributed by atoms with Crippen LogP contribution >= 0.6 is 0 Å². The Labute approximate surface area is 160 Å². The third kappa shape index (κ3) is 3.54. The number of pyridine rings is 2. The number of anilines is 2. The van der Waals surface area contributed by atoms with Gasteiger partial charge in [-0.3, -0.25) is 4.98 Å². The minimum Gasteiger partial charge on any atom is -0.497 e. The number of ether oxygens (including phenoxy) is 1. The van der Waals surface area contributed by atoms with Crippen LogP contribution in [-0.2, 0) is 0 Å². The van der Waals surface area contributed by atoms with Gasteiger partial charge >= 0.3 is 0 Å². The van der Waals surface area contributed by atoms with Crippen molar-refractivity contribution in [2.45, 2.75) is 20.3 Å². The fourth-order valence-corrected chi connectivity index (χ4v) is 3.86. The summed E-state index contributed by atoms with van der Waals surface area (Å²) >= 11 is 0. The monoisotopic (exact) mass is 362 g/mol. The lowest BCUT2D eigenvalue weighted by Crippen LogP contribution is -2.31. The smallest absolute Gasteiger partial charge is 0.129 e.